The molecule has 4 nitrogen and oxygen atoms in total. The summed E-state index contributed by atoms with van der Waals surface area (Å²) in [7, 11) is 1.39. The average molecular weight is 283 g/mol. The number of hydrogen-bond acceptors (Lipinski definition) is 6. The van der Waals surface area contributed by atoms with Gasteiger partial charge in [-0.15, -0.1) is 23.1 Å². The molecule has 0 aromatic carbocycles. The van der Waals surface area contributed by atoms with Crippen molar-refractivity contribution in [3.8, 4) is 10.8 Å². The topological polar surface area (TPSA) is 52.3 Å². The first-order valence-corrected chi connectivity index (χ1v) is 7.31. The van der Waals surface area contributed by atoms with Crippen molar-refractivity contribution in [1.29, 1.82) is 0 Å². The number of thioether (sulfide) groups is 1. The first-order valence-electron chi connectivity index (χ1n) is 5.38. The van der Waals surface area contributed by atoms with Crippen LogP contribution in [-0.2, 0) is 15.3 Å². The maximum atomic E-state index is 11.2. The van der Waals surface area contributed by atoms with Gasteiger partial charge < -0.3 is 9.15 Å². The Kier molecular flexibility index (Phi) is 4.43. The summed E-state index contributed by atoms with van der Waals surface area (Å²) < 4.78 is 10.1. The number of rotatable bonds is 5. The summed E-state index contributed by atoms with van der Waals surface area (Å²) in [5.74, 6) is 1.04. The molecule has 1 unspecified atom stereocenters. The summed E-state index contributed by atoms with van der Waals surface area (Å²) in [6, 6.07) is 3.92. The molecule has 2 heterocycles. The third-order valence-corrected chi connectivity index (χ3v) is 4.31. The molecule has 2 rings (SSSR count). The average Bonchev–Trinajstić information content (AvgIpc) is 3.04. The fraction of sp³-hybridized carbons (Fsp3) is 0.333. The van der Waals surface area contributed by atoms with Crippen LogP contribution in [0, 0.1) is 0 Å². The molecule has 2 aromatic rings. The number of esters is 1. The van der Waals surface area contributed by atoms with Crippen molar-refractivity contribution in [2.45, 2.75) is 17.9 Å². The Morgan fingerprint density at radius 3 is 3.17 bits per heavy atom. The fourth-order valence-corrected chi connectivity index (χ4v) is 2.77. The summed E-state index contributed by atoms with van der Waals surface area (Å²) in [5.41, 5.74) is 0.833. The molecule has 0 aliphatic rings. The van der Waals surface area contributed by atoms with Gasteiger partial charge >= 0.3 is 5.97 Å². The highest BCUT2D eigenvalue weighted by molar-refractivity contribution is 7.99. The highest BCUT2D eigenvalue weighted by Gasteiger charge is 2.15. The van der Waals surface area contributed by atoms with Gasteiger partial charge in [0.2, 0.25) is 5.89 Å². The molecule has 6 heteroatoms. The van der Waals surface area contributed by atoms with Gasteiger partial charge in [-0.1, -0.05) is 6.07 Å². The number of methoxy groups -OCH3 is 1. The van der Waals surface area contributed by atoms with E-state index in [1.807, 2.05) is 24.4 Å². The van der Waals surface area contributed by atoms with E-state index >= 15 is 0 Å². The van der Waals surface area contributed by atoms with Gasteiger partial charge in [-0.25, -0.2) is 4.98 Å². The van der Waals surface area contributed by atoms with Gasteiger partial charge in [-0.2, -0.15) is 0 Å². The lowest BCUT2D eigenvalue weighted by atomic mass is 10.5. The third-order valence-electron chi connectivity index (χ3n) is 2.30. The lowest BCUT2D eigenvalue weighted by Crippen LogP contribution is -2.14. The molecule has 0 fully saturated rings. The van der Waals surface area contributed by atoms with E-state index in [9.17, 15) is 4.79 Å². The number of aromatic nitrogens is 1. The van der Waals surface area contributed by atoms with Crippen molar-refractivity contribution in [1.82, 2.24) is 4.98 Å². The zero-order valence-corrected chi connectivity index (χ0v) is 11.7. The molecule has 0 aliphatic carbocycles. The predicted molar refractivity (Wildman–Crippen MR) is 72.6 cm³/mol. The minimum Gasteiger partial charge on any atom is -0.468 e. The van der Waals surface area contributed by atoms with E-state index in [-0.39, 0.29) is 11.2 Å². The van der Waals surface area contributed by atoms with Crippen LogP contribution in [0.25, 0.3) is 10.8 Å². The summed E-state index contributed by atoms with van der Waals surface area (Å²) in [6.45, 7) is 1.82. The van der Waals surface area contributed by atoms with E-state index in [0.29, 0.717) is 11.6 Å². The van der Waals surface area contributed by atoms with Crippen LogP contribution in [-0.4, -0.2) is 23.3 Å². The molecule has 0 radical (unpaired) electrons. The first-order chi connectivity index (χ1) is 8.70. The van der Waals surface area contributed by atoms with Crippen molar-refractivity contribution in [2.24, 2.45) is 0 Å². The van der Waals surface area contributed by atoms with Crippen LogP contribution in [0.15, 0.2) is 28.2 Å². The largest absolute Gasteiger partial charge is 0.468 e. The van der Waals surface area contributed by atoms with Gasteiger partial charge in [0.05, 0.1) is 22.9 Å². The molecule has 96 valence electrons. The van der Waals surface area contributed by atoms with Crippen LogP contribution >= 0.6 is 23.1 Å². The van der Waals surface area contributed by atoms with Gasteiger partial charge in [0.15, 0.2) is 0 Å². The lowest BCUT2D eigenvalue weighted by Gasteiger charge is -2.06. The second kappa shape index (κ2) is 6.06. The molecule has 0 N–H and O–H groups in total. The van der Waals surface area contributed by atoms with Crippen molar-refractivity contribution in [2.75, 3.05) is 7.11 Å². The Balaban J connectivity index is 1.93. The number of carbonyl (C=O) groups is 1. The monoisotopic (exact) mass is 283 g/mol. The van der Waals surface area contributed by atoms with Crippen molar-refractivity contribution in [3.05, 3.63) is 29.5 Å². The molecule has 0 saturated heterocycles. The second-order valence-corrected chi connectivity index (χ2v) is 5.87. The summed E-state index contributed by atoms with van der Waals surface area (Å²) in [5, 5.41) is 1.78. The highest BCUT2D eigenvalue weighted by Crippen LogP contribution is 2.25. The van der Waals surface area contributed by atoms with Gasteiger partial charge in [0, 0.05) is 5.75 Å². The molecular formula is C12H13NO3S2. The molecule has 2 aromatic heterocycles. The minimum absolute atomic E-state index is 0.197. The Labute approximate surface area is 113 Å². The van der Waals surface area contributed by atoms with Crippen LogP contribution in [0.5, 0.6) is 0 Å². The summed E-state index contributed by atoms with van der Waals surface area (Å²) in [4.78, 5) is 16.6. The molecule has 0 saturated carbocycles. The standard InChI is InChI=1S/C12H13NO3S2/c1-8(12(14)15-2)18-7-9-6-16-11(13-9)10-4-3-5-17-10/h3-6,8H,7H2,1-2H3. The van der Waals surface area contributed by atoms with E-state index in [2.05, 4.69) is 9.72 Å². The molecule has 1 atom stereocenters. The van der Waals surface area contributed by atoms with Gasteiger partial charge in [-0.05, 0) is 18.4 Å². The number of carbonyl (C=O) groups excluding carboxylic acids is 1. The number of thiophene rings is 1. The molecular weight excluding hydrogens is 270 g/mol. The number of oxazole rings is 1. The van der Waals surface area contributed by atoms with Gasteiger partial charge in [0.1, 0.15) is 6.26 Å². The normalized spacial score (nSPS) is 12.3. The van der Waals surface area contributed by atoms with Crippen molar-refractivity contribution >= 4 is 29.1 Å². The Bertz CT molecular complexity index is 507. The Morgan fingerprint density at radius 1 is 1.67 bits per heavy atom. The zero-order chi connectivity index (χ0) is 13.0. The molecule has 0 amide bonds. The summed E-state index contributed by atoms with van der Waals surface area (Å²) in [6.07, 6.45) is 1.63. The third kappa shape index (κ3) is 3.14. The molecule has 18 heavy (non-hydrogen) atoms. The van der Waals surface area contributed by atoms with E-state index in [1.54, 1.807) is 17.6 Å². The SMILES string of the molecule is COC(=O)C(C)SCc1coc(-c2cccs2)n1. The van der Waals surface area contributed by atoms with E-state index in [4.69, 9.17) is 4.42 Å². The van der Waals surface area contributed by atoms with Crippen LogP contribution in [0.4, 0.5) is 0 Å². The fourth-order valence-electron chi connectivity index (χ4n) is 1.33. The van der Waals surface area contributed by atoms with E-state index in [0.717, 1.165) is 10.6 Å². The van der Waals surface area contributed by atoms with E-state index in [1.165, 1.54) is 18.9 Å². The first kappa shape index (κ1) is 13.2. The van der Waals surface area contributed by atoms with Crippen molar-refractivity contribution < 1.29 is 13.9 Å². The van der Waals surface area contributed by atoms with Crippen LogP contribution < -0.4 is 0 Å². The molecule has 0 bridgehead atoms. The van der Waals surface area contributed by atoms with E-state index < -0.39 is 0 Å². The second-order valence-electron chi connectivity index (χ2n) is 3.60. The summed E-state index contributed by atoms with van der Waals surface area (Å²) >= 11 is 3.06. The maximum absolute atomic E-state index is 11.2. The van der Waals surface area contributed by atoms with Crippen LogP contribution in [0.3, 0.4) is 0 Å². The number of hydrogen-bond donors (Lipinski definition) is 0. The van der Waals surface area contributed by atoms with Crippen LogP contribution in [0.1, 0.15) is 12.6 Å². The number of nitrogens with zero attached hydrogens (tertiary/aromatic N) is 1. The molecule has 0 aliphatic heterocycles. The Morgan fingerprint density at radius 2 is 2.50 bits per heavy atom. The highest BCUT2D eigenvalue weighted by atomic mass is 32.2. The quantitative estimate of drug-likeness (QED) is 0.789. The van der Waals surface area contributed by atoms with Gasteiger partial charge in [-0.3, -0.25) is 4.79 Å². The maximum Gasteiger partial charge on any atom is 0.318 e. The van der Waals surface area contributed by atoms with Crippen molar-refractivity contribution in [3.63, 3.8) is 0 Å². The smallest absolute Gasteiger partial charge is 0.318 e. The van der Waals surface area contributed by atoms with Crippen LogP contribution in [0.2, 0.25) is 0 Å². The predicted octanol–water partition coefficient (Wildman–Crippen LogP) is 3.20. The molecule has 0 spiro atoms. The lowest BCUT2D eigenvalue weighted by molar-refractivity contribution is -0.139. The van der Waals surface area contributed by atoms with Gasteiger partial charge in [0.25, 0.3) is 0 Å². The minimum atomic E-state index is -0.220. The Hall–Kier alpha value is -1.27. The number of ether oxygens (including phenoxy) is 1. The zero-order valence-electron chi connectivity index (χ0n) is 10.1.